The minimum absolute atomic E-state index is 0.0468. The number of para-hydroxylation sites is 1. The standard InChI is InChI=1S/C23H18F2N6O/c1-2-16(30-22-20-21(27-11-26-20)28-12-29-22)18-10-13-6-5-8-15(25)19(13)23(32)31(18)17-9-4-3-7-14(17)24/h3-12,16H,2H2,1H3,(H2,26,27,28,29,30)/t16-/m1/s1. The quantitative estimate of drug-likeness (QED) is 0.427. The van der Waals surface area contributed by atoms with Crippen LogP contribution in [0, 0.1) is 11.6 Å². The summed E-state index contributed by atoms with van der Waals surface area (Å²) in [6.45, 7) is 1.92. The van der Waals surface area contributed by atoms with Gasteiger partial charge in [-0.1, -0.05) is 31.2 Å². The number of pyridine rings is 1. The molecule has 0 bridgehead atoms. The zero-order chi connectivity index (χ0) is 22.2. The molecule has 7 nitrogen and oxygen atoms in total. The van der Waals surface area contributed by atoms with Crippen LogP contribution in [0.5, 0.6) is 0 Å². The summed E-state index contributed by atoms with van der Waals surface area (Å²) >= 11 is 0. The zero-order valence-corrected chi connectivity index (χ0v) is 17.0. The largest absolute Gasteiger partial charge is 0.360 e. The number of benzene rings is 2. The highest BCUT2D eigenvalue weighted by Crippen LogP contribution is 2.29. The highest BCUT2D eigenvalue weighted by atomic mass is 19.1. The van der Waals surface area contributed by atoms with Gasteiger partial charge in [0.1, 0.15) is 23.5 Å². The number of aromatic amines is 1. The molecule has 0 aliphatic heterocycles. The lowest BCUT2D eigenvalue weighted by Crippen LogP contribution is -2.27. The van der Waals surface area contributed by atoms with Gasteiger partial charge in [-0.3, -0.25) is 9.36 Å². The lowest BCUT2D eigenvalue weighted by atomic mass is 10.0. The van der Waals surface area contributed by atoms with Crippen LogP contribution in [0.3, 0.4) is 0 Å². The van der Waals surface area contributed by atoms with Crippen molar-refractivity contribution < 1.29 is 8.78 Å². The van der Waals surface area contributed by atoms with E-state index in [9.17, 15) is 13.6 Å². The normalized spacial score (nSPS) is 12.3. The van der Waals surface area contributed by atoms with Crippen molar-refractivity contribution in [2.75, 3.05) is 5.32 Å². The lowest BCUT2D eigenvalue weighted by Gasteiger charge is -2.23. The molecule has 0 unspecified atom stereocenters. The fraction of sp³-hybridized carbons (Fsp3) is 0.130. The Balaban J connectivity index is 1.76. The summed E-state index contributed by atoms with van der Waals surface area (Å²) in [7, 11) is 0. The molecular formula is C23H18F2N6O. The van der Waals surface area contributed by atoms with Gasteiger partial charge in [0.15, 0.2) is 11.5 Å². The van der Waals surface area contributed by atoms with E-state index in [0.29, 0.717) is 34.5 Å². The van der Waals surface area contributed by atoms with Crippen LogP contribution in [0.2, 0.25) is 0 Å². The van der Waals surface area contributed by atoms with E-state index in [-0.39, 0.29) is 11.1 Å². The topological polar surface area (TPSA) is 88.5 Å². The maximum absolute atomic E-state index is 14.8. The lowest BCUT2D eigenvalue weighted by molar-refractivity contribution is 0.604. The third-order valence-corrected chi connectivity index (χ3v) is 5.41. The Morgan fingerprint density at radius 1 is 1.06 bits per heavy atom. The number of aromatic nitrogens is 5. The summed E-state index contributed by atoms with van der Waals surface area (Å²) in [6, 6.07) is 11.6. The Morgan fingerprint density at radius 2 is 1.88 bits per heavy atom. The molecular weight excluding hydrogens is 414 g/mol. The minimum Gasteiger partial charge on any atom is -0.360 e. The Labute approximate surface area is 180 Å². The Bertz CT molecular complexity index is 1510. The molecule has 2 aromatic carbocycles. The number of rotatable bonds is 5. The molecule has 0 fully saturated rings. The summed E-state index contributed by atoms with van der Waals surface area (Å²) < 4.78 is 30.6. The first-order chi connectivity index (χ1) is 15.6. The monoisotopic (exact) mass is 432 g/mol. The molecule has 0 radical (unpaired) electrons. The fourth-order valence-electron chi connectivity index (χ4n) is 3.90. The summed E-state index contributed by atoms with van der Waals surface area (Å²) in [4.78, 5) is 29.0. The van der Waals surface area contributed by atoms with E-state index in [1.807, 2.05) is 6.92 Å². The average Bonchev–Trinajstić information content (AvgIpc) is 3.28. The number of nitrogens with one attached hydrogen (secondary N) is 2. The molecule has 0 saturated heterocycles. The van der Waals surface area contributed by atoms with Gasteiger partial charge in [-0.25, -0.2) is 23.7 Å². The molecule has 1 atom stereocenters. The number of halogens is 2. The van der Waals surface area contributed by atoms with Gasteiger partial charge in [-0.2, -0.15) is 0 Å². The van der Waals surface area contributed by atoms with E-state index in [0.717, 1.165) is 0 Å². The molecule has 0 aliphatic carbocycles. The van der Waals surface area contributed by atoms with Crippen molar-refractivity contribution in [3.8, 4) is 5.69 Å². The van der Waals surface area contributed by atoms with Crippen molar-refractivity contribution in [1.82, 2.24) is 24.5 Å². The number of H-pyrrole nitrogens is 1. The molecule has 0 aliphatic rings. The van der Waals surface area contributed by atoms with Crippen LogP contribution in [0.15, 0.2) is 66.0 Å². The average molecular weight is 432 g/mol. The summed E-state index contributed by atoms with van der Waals surface area (Å²) in [5.41, 5.74) is 0.990. The summed E-state index contributed by atoms with van der Waals surface area (Å²) in [5, 5.41) is 3.64. The van der Waals surface area contributed by atoms with Crippen LogP contribution in [-0.2, 0) is 0 Å². The summed E-state index contributed by atoms with van der Waals surface area (Å²) in [5.74, 6) is -0.771. The number of hydrogen-bond donors (Lipinski definition) is 2. The van der Waals surface area contributed by atoms with Crippen LogP contribution in [0.25, 0.3) is 27.6 Å². The number of fused-ring (bicyclic) bond motifs is 2. The zero-order valence-electron chi connectivity index (χ0n) is 17.0. The van der Waals surface area contributed by atoms with E-state index >= 15 is 0 Å². The van der Waals surface area contributed by atoms with E-state index < -0.39 is 23.2 Å². The van der Waals surface area contributed by atoms with Gasteiger partial charge >= 0.3 is 0 Å². The summed E-state index contributed by atoms with van der Waals surface area (Å²) in [6.07, 6.45) is 3.44. The fourth-order valence-corrected chi connectivity index (χ4v) is 3.90. The first-order valence-corrected chi connectivity index (χ1v) is 10.1. The molecule has 0 saturated carbocycles. The highest BCUT2D eigenvalue weighted by Gasteiger charge is 2.22. The van der Waals surface area contributed by atoms with Gasteiger partial charge in [-0.05, 0) is 36.1 Å². The van der Waals surface area contributed by atoms with Crippen LogP contribution < -0.4 is 10.9 Å². The predicted molar refractivity (Wildman–Crippen MR) is 118 cm³/mol. The molecule has 32 heavy (non-hydrogen) atoms. The molecule has 3 heterocycles. The number of imidazole rings is 1. The number of hydrogen-bond acceptors (Lipinski definition) is 5. The van der Waals surface area contributed by atoms with E-state index in [1.165, 1.54) is 41.5 Å². The van der Waals surface area contributed by atoms with Crippen molar-refractivity contribution in [2.45, 2.75) is 19.4 Å². The van der Waals surface area contributed by atoms with Gasteiger partial charge in [0.25, 0.3) is 5.56 Å². The third-order valence-electron chi connectivity index (χ3n) is 5.41. The molecule has 2 N–H and O–H groups in total. The molecule has 9 heteroatoms. The van der Waals surface area contributed by atoms with Crippen molar-refractivity contribution >= 4 is 27.8 Å². The van der Waals surface area contributed by atoms with Crippen LogP contribution >= 0.6 is 0 Å². The van der Waals surface area contributed by atoms with Crippen molar-refractivity contribution in [3.63, 3.8) is 0 Å². The molecule has 0 amide bonds. The van der Waals surface area contributed by atoms with Crippen molar-refractivity contribution in [3.05, 3.63) is 88.9 Å². The Kier molecular flexibility index (Phi) is 4.85. The number of nitrogens with zero attached hydrogens (tertiary/aromatic N) is 4. The van der Waals surface area contributed by atoms with Crippen molar-refractivity contribution in [1.29, 1.82) is 0 Å². The van der Waals surface area contributed by atoms with E-state index in [2.05, 4.69) is 25.3 Å². The SMILES string of the molecule is CC[C@@H](Nc1ncnc2[nH]cnc12)c1cc2cccc(F)c2c(=O)n1-c1ccccc1F. The van der Waals surface area contributed by atoms with E-state index in [4.69, 9.17) is 0 Å². The third kappa shape index (κ3) is 3.18. The second kappa shape index (κ2) is 7.84. The highest BCUT2D eigenvalue weighted by molar-refractivity contribution is 5.84. The van der Waals surface area contributed by atoms with Gasteiger partial charge in [0.2, 0.25) is 0 Å². The minimum atomic E-state index is -0.654. The van der Waals surface area contributed by atoms with Crippen molar-refractivity contribution in [2.24, 2.45) is 0 Å². The molecule has 0 spiro atoms. The first-order valence-electron chi connectivity index (χ1n) is 10.1. The van der Waals surface area contributed by atoms with Gasteiger partial charge in [-0.15, -0.1) is 0 Å². The smallest absolute Gasteiger partial charge is 0.266 e. The van der Waals surface area contributed by atoms with Crippen LogP contribution in [0.4, 0.5) is 14.6 Å². The molecule has 3 aromatic heterocycles. The molecule has 160 valence electrons. The number of anilines is 1. The molecule has 5 aromatic rings. The second-order valence-electron chi connectivity index (χ2n) is 7.29. The van der Waals surface area contributed by atoms with Gasteiger partial charge in [0, 0.05) is 5.69 Å². The maximum Gasteiger partial charge on any atom is 0.266 e. The second-order valence-corrected chi connectivity index (χ2v) is 7.29. The van der Waals surface area contributed by atoms with Gasteiger partial charge < -0.3 is 10.3 Å². The Hall–Kier alpha value is -4.14. The predicted octanol–water partition coefficient (Wildman–Crippen LogP) is 4.50. The first kappa shape index (κ1) is 19.8. The van der Waals surface area contributed by atoms with Crippen LogP contribution in [-0.4, -0.2) is 24.5 Å². The molecule has 5 rings (SSSR count). The van der Waals surface area contributed by atoms with Gasteiger partial charge in [0.05, 0.1) is 23.4 Å². The maximum atomic E-state index is 14.8. The Morgan fingerprint density at radius 3 is 2.69 bits per heavy atom. The van der Waals surface area contributed by atoms with E-state index in [1.54, 1.807) is 24.3 Å². The van der Waals surface area contributed by atoms with Crippen LogP contribution in [0.1, 0.15) is 25.1 Å².